The van der Waals surface area contributed by atoms with Crippen LogP contribution >= 0.6 is 0 Å². The van der Waals surface area contributed by atoms with Gasteiger partial charge in [-0.2, -0.15) is 0 Å². The number of benzene rings is 2. The molecule has 6 heteroatoms. The second-order valence-electron chi connectivity index (χ2n) is 15.3. The van der Waals surface area contributed by atoms with Crippen molar-refractivity contribution in [3.63, 3.8) is 0 Å². The summed E-state index contributed by atoms with van der Waals surface area (Å²) in [6, 6.07) is 8.43. The van der Waals surface area contributed by atoms with E-state index >= 15 is 0 Å². The van der Waals surface area contributed by atoms with Crippen molar-refractivity contribution in [1.29, 1.82) is 0 Å². The maximum atomic E-state index is 6.52. The first kappa shape index (κ1) is 33.1. The fourth-order valence-electron chi connectivity index (χ4n) is 5.12. The standard InChI is InChI=1S/C35H54O6/c1-31(2,3)23-17-25(33(7,8)9)29(19-27(23)36-13)38-21-35(40-15-16-41-35)22-39-30-20-28(37-14)24(32(4,5)6)18-26(30)34(10,11)12/h17-20H,15-16,21-22H2,1-14H3. The zero-order valence-corrected chi connectivity index (χ0v) is 28.1. The van der Waals surface area contributed by atoms with E-state index in [0.29, 0.717) is 13.2 Å². The summed E-state index contributed by atoms with van der Waals surface area (Å²) in [6.45, 7) is 27.6. The third kappa shape index (κ3) is 7.70. The van der Waals surface area contributed by atoms with Crippen LogP contribution in [0.3, 0.4) is 0 Å². The van der Waals surface area contributed by atoms with Gasteiger partial charge >= 0.3 is 0 Å². The van der Waals surface area contributed by atoms with Gasteiger partial charge in [0.25, 0.3) is 0 Å². The molecule has 3 rings (SSSR count). The topological polar surface area (TPSA) is 55.4 Å². The van der Waals surface area contributed by atoms with E-state index in [4.69, 9.17) is 28.4 Å². The minimum Gasteiger partial charge on any atom is -0.496 e. The summed E-state index contributed by atoms with van der Waals surface area (Å²) in [5.41, 5.74) is 4.06. The van der Waals surface area contributed by atoms with Crippen molar-refractivity contribution in [3.8, 4) is 23.0 Å². The van der Waals surface area contributed by atoms with Crippen molar-refractivity contribution in [3.05, 3.63) is 46.5 Å². The van der Waals surface area contributed by atoms with Gasteiger partial charge in [-0.05, 0) is 33.8 Å². The van der Waals surface area contributed by atoms with Gasteiger partial charge in [-0.15, -0.1) is 0 Å². The Morgan fingerprint density at radius 2 is 0.805 bits per heavy atom. The Morgan fingerprint density at radius 1 is 0.512 bits per heavy atom. The molecule has 6 nitrogen and oxygen atoms in total. The first-order valence-corrected chi connectivity index (χ1v) is 14.7. The predicted molar refractivity (Wildman–Crippen MR) is 166 cm³/mol. The largest absolute Gasteiger partial charge is 0.496 e. The van der Waals surface area contributed by atoms with E-state index in [1.165, 1.54) is 0 Å². The maximum absolute atomic E-state index is 6.52. The Balaban J connectivity index is 1.96. The molecule has 2 aromatic rings. The van der Waals surface area contributed by atoms with Gasteiger partial charge in [0.15, 0.2) is 0 Å². The molecule has 0 amide bonds. The van der Waals surface area contributed by atoms with Crippen molar-refractivity contribution in [2.45, 2.75) is 111 Å². The second kappa shape index (κ2) is 11.7. The fourth-order valence-corrected chi connectivity index (χ4v) is 5.12. The molecule has 1 saturated heterocycles. The van der Waals surface area contributed by atoms with Gasteiger partial charge in [-0.1, -0.05) is 83.1 Å². The monoisotopic (exact) mass is 570 g/mol. The molecule has 0 unspecified atom stereocenters. The Kier molecular flexibility index (Phi) is 9.42. The van der Waals surface area contributed by atoms with E-state index in [9.17, 15) is 0 Å². The summed E-state index contributed by atoms with van der Waals surface area (Å²) in [4.78, 5) is 0. The van der Waals surface area contributed by atoms with E-state index < -0.39 is 5.79 Å². The van der Waals surface area contributed by atoms with E-state index in [0.717, 1.165) is 45.3 Å². The average Bonchev–Trinajstić information content (AvgIpc) is 3.31. The molecular formula is C35H54O6. The first-order chi connectivity index (χ1) is 18.7. The molecule has 2 aromatic carbocycles. The molecule has 0 N–H and O–H groups in total. The Morgan fingerprint density at radius 3 is 1.07 bits per heavy atom. The highest BCUT2D eigenvalue weighted by Crippen LogP contribution is 2.43. The van der Waals surface area contributed by atoms with Gasteiger partial charge < -0.3 is 28.4 Å². The third-order valence-electron chi connectivity index (χ3n) is 7.54. The van der Waals surface area contributed by atoms with Gasteiger partial charge in [0, 0.05) is 34.4 Å². The molecule has 230 valence electrons. The normalized spacial score (nSPS) is 16.0. The van der Waals surface area contributed by atoms with Crippen LogP contribution in [0.2, 0.25) is 0 Å². The minimum atomic E-state index is -1.05. The molecule has 0 spiro atoms. The summed E-state index contributed by atoms with van der Waals surface area (Å²) >= 11 is 0. The van der Waals surface area contributed by atoms with Crippen LogP contribution in [0.4, 0.5) is 0 Å². The van der Waals surface area contributed by atoms with Crippen molar-refractivity contribution in [2.75, 3.05) is 40.6 Å². The van der Waals surface area contributed by atoms with Crippen molar-refractivity contribution in [1.82, 2.24) is 0 Å². The van der Waals surface area contributed by atoms with Gasteiger partial charge in [0.05, 0.1) is 27.4 Å². The molecule has 0 saturated carbocycles. The van der Waals surface area contributed by atoms with Crippen LogP contribution in [-0.4, -0.2) is 46.4 Å². The summed E-state index contributed by atoms with van der Waals surface area (Å²) < 4.78 is 37.0. The molecule has 41 heavy (non-hydrogen) atoms. The average molecular weight is 571 g/mol. The molecule has 1 aliphatic rings. The maximum Gasteiger partial charge on any atom is 0.238 e. The molecule has 0 aliphatic carbocycles. The van der Waals surface area contributed by atoms with Crippen molar-refractivity contribution in [2.24, 2.45) is 0 Å². The van der Waals surface area contributed by atoms with E-state index in [1.807, 2.05) is 12.1 Å². The smallest absolute Gasteiger partial charge is 0.238 e. The molecule has 0 aromatic heterocycles. The Bertz CT molecular complexity index is 1110. The van der Waals surface area contributed by atoms with Crippen molar-refractivity contribution >= 4 is 0 Å². The van der Waals surface area contributed by atoms with Gasteiger partial charge in [0.1, 0.15) is 36.2 Å². The number of rotatable bonds is 8. The second-order valence-corrected chi connectivity index (χ2v) is 15.3. The quantitative estimate of drug-likeness (QED) is 0.320. The number of hydrogen-bond donors (Lipinski definition) is 0. The Hall–Kier alpha value is -2.44. The lowest BCUT2D eigenvalue weighted by Crippen LogP contribution is -2.43. The lowest BCUT2D eigenvalue weighted by molar-refractivity contribution is -0.195. The van der Waals surface area contributed by atoms with Crippen LogP contribution < -0.4 is 18.9 Å². The highest BCUT2D eigenvalue weighted by Gasteiger charge is 2.40. The van der Waals surface area contributed by atoms with Crippen molar-refractivity contribution < 1.29 is 28.4 Å². The third-order valence-corrected chi connectivity index (χ3v) is 7.54. The van der Waals surface area contributed by atoms with Gasteiger partial charge in [-0.3, -0.25) is 0 Å². The lowest BCUT2D eigenvalue weighted by Gasteiger charge is -2.33. The van der Waals surface area contributed by atoms with Crippen LogP contribution in [0.1, 0.15) is 105 Å². The van der Waals surface area contributed by atoms with Gasteiger partial charge in [0.2, 0.25) is 5.79 Å². The summed E-state index contributed by atoms with van der Waals surface area (Å²) in [5, 5.41) is 0. The molecule has 0 atom stereocenters. The molecule has 0 bridgehead atoms. The minimum absolute atomic E-state index is 0.0784. The number of methoxy groups -OCH3 is 2. The highest BCUT2D eigenvalue weighted by atomic mass is 16.8. The van der Waals surface area contributed by atoms with Crippen LogP contribution in [-0.2, 0) is 31.1 Å². The molecular weight excluding hydrogens is 516 g/mol. The van der Waals surface area contributed by atoms with E-state index in [-0.39, 0.29) is 34.9 Å². The number of ether oxygens (including phenoxy) is 6. The predicted octanol–water partition coefficient (Wildman–Crippen LogP) is 8.09. The van der Waals surface area contributed by atoms with Gasteiger partial charge in [-0.25, -0.2) is 0 Å². The fraction of sp³-hybridized carbons (Fsp3) is 0.657. The molecule has 1 aliphatic heterocycles. The first-order valence-electron chi connectivity index (χ1n) is 14.7. The molecule has 1 heterocycles. The molecule has 1 fully saturated rings. The van der Waals surface area contributed by atoms with E-state index in [2.05, 4.69) is 95.2 Å². The zero-order chi connectivity index (χ0) is 31.0. The SMILES string of the molecule is COc1cc(OCC2(COc3cc(OC)c(C(C)(C)C)cc3C(C)(C)C)OCCO2)c(C(C)(C)C)cc1C(C)(C)C. The van der Waals surface area contributed by atoms with E-state index in [1.54, 1.807) is 14.2 Å². The lowest BCUT2D eigenvalue weighted by atomic mass is 9.79. The molecule has 0 radical (unpaired) electrons. The zero-order valence-electron chi connectivity index (χ0n) is 28.1. The van der Waals surface area contributed by atoms with Crippen LogP contribution in [0.25, 0.3) is 0 Å². The van der Waals surface area contributed by atoms with Crippen LogP contribution in [0.15, 0.2) is 24.3 Å². The summed E-state index contributed by atoms with van der Waals surface area (Å²) in [7, 11) is 3.41. The summed E-state index contributed by atoms with van der Waals surface area (Å²) in [6.07, 6.45) is 0. The van der Waals surface area contributed by atoms with Crippen LogP contribution in [0.5, 0.6) is 23.0 Å². The highest BCUT2D eigenvalue weighted by molar-refractivity contribution is 5.53. The Labute approximate surface area is 249 Å². The van der Waals surface area contributed by atoms with Crippen LogP contribution in [0, 0.1) is 0 Å². The summed E-state index contributed by atoms with van der Waals surface area (Å²) in [5.74, 6) is 2.08. The number of hydrogen-bond acceptors (Lipinski definition) is 6.